The molecule has 1 saturated heterocycles. The molecular formula is C46H76O7Si2. The van der Waals surface area contributed by atoms with Gasteiger partial charge in [0.05, 0.1) is 5.60 Å². The molecule has 1 aromatic rings. The topological polar surface area (TPSA) is 80.3 Å². The maximum absolute atomic E-state index is 14.5. The summed E-state index contributed by atoms with van der Waals surface area (Å²) in [4.78, 5) is 28.2. The van der Waals surface area contributed by atoms with Crippen molar-refractivity contribution in [1.29, 1.82) is 0 Å². The fourth-order valence-electron chi connectivity index (χ4n) is 9.19. The second-order valence-electron chi connectivity index (χ2n) is 20.1. The number of benzene rings is 1. The van der Waals surface area contributed by atoms with Crippen LogP contribution in [-0.2, 0) is 27.9 Å². The third-order valence-electron chi connectivity index (χ3n) is 12.3. The fourth-order valence-corrected chi connectivity index (χ4v) is 11.4. The van der Waals surface area contributed by atoms with E-state index < -0.39 is 42.0 Å². The largest absolute Gasteiger partial charge is 0.478 e. The van der Waals surface area contributed by atoms with Crippen LogP contribution in [0.3, 0.4) is 0 Å². The Hall–Kier alpha value is -2.21. The van der Waals surface area contributed by atoms with Crippen molar-refractivity contribution < 1.29 is 32.7 Å². The Morgan fingerprint density at radius 1 is 0.945 bits per heavy atom. The van der Waals surface area contributed by atoms with E-state index in [0.717, 1.165) is 23.3 Å². The molecule has 9 heteroatoms. The number of carbonyl (C=O) groups is 2. The maximum Gasteiger partial charge on any atom is 0.347 e. The van der Waals surface area contributed by atoms with Gasteiger partial charge in [-0.05, 0) is 104 Å². The second kappa shape index (κ2) is 18.2. The lowest BCUT2D eigenvalue weighted by molar-refractivity contribution is -0.180. The van der Waals surface area contributed by atoms with E-state index in [9.17, 15) is 9.59 Å². The minimum absolute atomic E-state index is 0.0331. The molecule has 0 N–H and O–H groups in total. The Morgan fingerprint density at radius 3 is 2.07 bits per heavy atom. The number of esters is 2. The van der Waals surface area contributed by atoms with Gasteiger partial charge in [-0.15, -0.1) is 0 Å². The van der Waals surface area contributed by atoms with Gasteiger partial charge in [0.15, 0.2) is 24.2 Å². The van der Waals surface area contributed by atoms with Crippen molar-refractivity contribution in [3.05, 3.63) is 53.1 Å². The molecule has 1 aliphatic heterocycles. The molecule has 0 saturated carbocycles. The Labute approximate surface area is 338 Å². The Kier molecular flexibility index (Phi) is 15.0. The van der Waals surface area contributed by atoms with Gasteiger partial charge >= 0.3 is 11.9 Å². The van der Waals surface area contributed by atoms with Gasteiger partial charge < -0.3 is 23.1 Å². The fraction of sp³-hybridized carbons (Fsp3) is 0.739. The lowest BCUT2D eigenvalue weighted by atomic mass is 9.59. The Bertz CT molecular complexity index is 1510. The normalized spacial score (nSPS) is 29.3. The maximum atomic E-state index is 14.5. The van der Waals surface area contributed by atoms with Crippen LogP contribution in [0.25, 0.3) is 0 Å². The summed E-state index contributed by atoms with van der Waals surface area (Å²) in [6, 6.07) is 6.31. The molecule has 0 radical (unpaired) electrons. The first-order valence-electron chi connectivity index (χ1n) is 21.4. The standard InChI is InChI=1S/C46H76O7Si2/c1-17-37(50-40-34(28(2)3)19-18-20-35(40)29(4)5)42(47)51-38-26-32(44(7,8)9)25-31-22-21-30(6)46(39(31)38,53-55(15)16)24-23-33-27-36(45(10,11)12)41(43(48)49-33)52-54(13)14/h18-22,25,28-30,32-33,36-39,41,54-55H,17,23-24,26-27H2,1-16H3/t30-,32+,33+,36-,37?,38-,39+,41?,46-/m0/s1. The smallest absolute Gasteiger partial charge is 0.347 e. The highest BCUT2D eigenvalue weighted by molar-refractivity contribution is 6.49. The number of hydrogen-bond donors (Lipinski definition) is 0. The first kappa shape index (κ1) is 45.5. The van der Waals surface area contributed by atoms with Crippen molar-refractivity contribution in [3.63, 3.8) is 0 Å². The minimum Gasteiger partial charge on any atom is -0.478 e. The highest BCUT2D eigenvalue weighted by Gasteiger charge is 2.55. The van der Waals surface area contributed by atoms with E-state index in [1.807, 2.05) is 6.92 Å². The third-order valence-corrected chi connectivity index (χ3v) is 14.1. The number of hydrogen-bond acceptors (Lipinski definition) is 7. The van der Waals surface area contributed by atoms with E-state index in [1.165, 1.54) is 5.57 Å². The summed E-state index contributed by atoms with van der Waals surface area (Å²) in [6.45, 7) is 35.0. The van der Waals surface area contributed by atoms with Gasteiger partial charge in [0, 0.05) is 17.8 Å². The molecule has 2 aliphatic carbocycles. The Balaban J connectivity index is 1.73. The van der Waals surface area contributed by atoms with Crippen LogP contribution in [0.1, 0.15) is 138 Å². The molecule has 0 bridgehead atoms. The number of cyclic esters (lactones) is 1. The van der Waals surface area contributed by atoms with Crippen LogP contribution < -0.4 is 4.74 Å². The van der Waals surface area contributed by atoms with E-state index in [1.54, 1.807) is 0 Å². The van der Waals surface area contributed by atoms with Crippen molar-refractivity contribution >= 4 is 30.0 Å². The molecule has 310 valence electrons. The summed E-state index contributed by atoms with van der Waals surface area (Å²) in [5.74, 6) is 0.894. The van der Waals surface area contributed by atoms with Crippen molar-refractivity contribution in [1.82, 2.24) is 0 Å². The van der Waals surface area contributed by atoms with Gasteiger partial charge in [-0.25, -0.2) is 9.59 Å². The van der Waals surface area contributed by atoms with Crippen LogP contribution in [0.2, 0.25) is 26.2 Å². The zero-order valence-electron chi connectivity index (χ0n) is 37.3. The number of fused-ring (bicyclic) bond motifs is 1. The second-order valence-corrected chi connectivity index (χ2v) is 24.8. The predicted molar refractivity (Wildman–Crippen MR) is 230 cm³/mol. The lowest BCUT2D eigenvalue weighted by Gasteiger charge is -2.54. The van der Waals surface area contributed by atoms with E-state index in [2.05, 4.69) is 139 Å². The molecule has 1 fully saturated rings. The molecule has 0 spiro atoms. The van der Waals surface area contributed by atoms with E-state index >= 15 is 0 Å². The highest BCUT2D eigenvalue weighted by atomic mass is 28.3. The molecule has 4 rings (SSSR count). The molecular weight excluding hydrogens is 721 g/mol. The predicted octanol–water partition coefficient (Wildman–Crippen LogP) is 10.7. The van der Waals surface area contributed by atoms with Crippen molar-refractivity contribution in [3.8, 4) is 5.75 Å². The number of para-hydroxylation sites is 1. The summed E-state index contributed by atoms with van der Waals surface area (Å²) >= 11 is 0. The highest BCUT2D eigenvalue weighted by Crippen LogP contribution is 2.53. The number of carbonyl (C=O) groups excluding carboxylic acids is 2. The van der Waals surface area contributed by atoms with Crippen LogP contribution in [-0.4, -0.2) is 60.0 Å². The van der Waals surface area contributed by atoms with E-state index in [4.69, 9.17) is 23.1 Å². The first-order chi connectivity index (χ1) is 25.5. The lowest BCUT2D eigenvalue weighted by Crippen LogP contribution is -2.58. The molecule has 3 aliphatic rings. The SMILES string of the molecule is CCC(Oc1c(C(C)C)cccc1C(C)C)C(=O)O[C@H]1C[C@H](C(C)(C)C)C=C2C=C[C@H](C)[C@](CC[C@@H]3C[C@H](C(C)(C)C)C(O[SiH](C)C)C(=O)O3)(O[SiH](C)C)[C@H]21. The van der Waals surface area contributed by atoms with Crippen molar-refractivity contribution in [2.45, 2.75) is 183 Å². The van der Waals surface area contributed by atoms with Crippen LogP contribution >= 0.6 is 0 Å². The minimum atomic E-state index is -1.63. The summed E-state index contributed by atoms with van der Waals surface area (Å²) in [5, 5.41) is 0. The molecule has 55 heavy (non-hydrogen) atoms. The zero-order valence-corrected chi connectivity index (χ0v) is 39.6. The van der Waals surface area contributed by atoms with Crippen molar-refractivity contribution in [2.75, 3.05) is 0 Å². The summed E-state index contributed by atoms with van der Waals surface area (Å²) in [6.07, 6.45) is 8.36. The monoisotopic (exact) mass is 797 g/mol. The average molecular weight is 797 g/mol. The zero-order chi connectivity index (χ0) is 41.2. The molecule has 0 aromatic heterocycles. The van der Waals surface area contributed by atoms with Crippen LogP contribution in [0.15, 0.2) is 42.0 Å². The summed E-state index contributed by atoms with van der Waals surface area (Å²) in [5.41, 5.74) is 2.62. The molecule has 7 nitrogen and oxygen atoms in total. The van der Waals surface area contributed by atoms with Gasteiger partial charge in [-0.3, -0.25) is 0 Å². The molecule has 9 atom stereocenters. The van der Waals surface area contributed by atoms with Gasteiger partial charge in [0.25, 0.3) is 0 Å². The third kappa shape index (κ3) is 10.7. The van der Waals surface area contributed by atoms with Crippen molar-refractivity contribution in [2.24, 2.45) is 34.5 Å². The van der Waals surface area contributed by atoms with E-state index in [-0.39, 0.29) is 64.4 Å². The Morgan fingerprint density at radius 2 is 1.56 bits per heavy atom. The van der Waals surface area contributed by atoms with Crippen LogP contribution in [0, 0.1) is 34.5 Å². The summed E-state index contributed by atoms with van der Waals surface area (Å²) < 4.78 is 33.4. The van der Waals surface area contributed by atoms with Gasteiger partial charge in [-0.2, -0.15) is 0 Å². The van der Waals surface area contributed by atoms with Crippen LogP contribution in [0.5, 0.6) is 5.75 Å². The van der Waals surface area contributed by atoms with Gasteiger partial charge in [0.1, 0.15) is 24.1 Å². The first-order valence-corrected chi connectivity index (χ1v) is 27.0. The van der Waals surface area contributed by atoms with E-state index in [0.29, 0.717) is 25.7 Å². The number of allylic oxidation sites excluding steroid dienone is 2. The number of ether oxygens (including phenoxy) is 3. The van der Waals surface area contributed by atoms with Crippen LogP contribution in [0.4, 0.5) is 0 Å². The molecule has 0 amide bonds. The van der Waals surface area contributed by atoms with Gasteiger partial charge in [-0.1, -0.05) is 120 Å². The summed E-state index contributed by atoms with van der Waals surface area (Å²) in [7, 11) is -3.10. The van der Waals surface area contributed by atoms with Gasteiger partial charge in [0.2, 0.25) is 0 Å². The number of rotatable bonds is 14. The quantitative estimate of drug-likeness (QED) is 0.137. The average Bonchev–Trinajstić information content (AvgIpc) is 3.06. The molecule has 1 aromatic carbocycles. The molecule has 1 heterocycles. The molecule has 2 unspecified atom stereocenters.